The predicted molar refractivity (Wildman–Crippen MR) is 66.6 cm³/mol. The molecule has 0 aromatic heterocycles. The average Bonchev–Trinajstić information content (AvgIpc) is 2.45. The van der Waals surface area contributed by atoms with E-state index in [9.17, 15) is 32.7 Å². The molecule has 0 aliphatic carbocycles. The van der Waals surface area contributed by atoms with Gasteiger partial charge in [-0.25, -0.2) is 4.79 Å². The normalized spacial score (nSPS) is 12.4. The fraction of sp³-hybridized carbons (Fsp3) is 0.308. The van der Waals surface area contributed by atoms with Crippen LogP contribution in [0.5, 0.6) is 0 Å². The molecule has 2 N–H and O–H groups in total. The fourth-order valence-corrected chi connectivity index (χ4v) is 1.43. The Hall–Kier alpha value is -2.42. The fourth-order valence-electron chi connectivity index (χ4n) is 1.43. The van der Waals surface area contributed by atoms with E-state index in [2.05, 4.69) is 4.74 Å². The van der Waals surface area contributed by atoms with Crippen LogP contribution >= 0.6 is 0 Å². The Morgan fingerprint density at radius 2 is 1.77 bits per heavy atom. The molecule has 6 nitrogen and oxygen atoms in total. The van der Waals surface area contributed by atoms with Crippen LogP contribution in [0.4, 0.5) is 13.2 Å². The standard InChI is InChI=1S/C13H12F3NO5/c1-2-22-12(21)11(20)17-10(19)9(18)7-3-5-8(6-4-7)13(14,15)16/h3-6,10,19H,2H2,1H3,(H,17,20). The van der Waals surface area contributed by atoms with Crippen LogP contribution in [0, 0.1) is 0 Å². The minimum absolute atomic E-state index is 0.0742. The van der Waals surface area contributed by atoms with Crippen molar-refractivity contribution in [1.82, 2.24) is 5.32 Å². The molecule has 22 heavy (non-hydrogen) atoms. The second-order valence-corrected chi connectivity index (χ2v) is 4.04. The smallest absolute Gasteiger partial charge is 0.416 e. The van der Waals surface area contributed by atoms with E-state index in [0.717, 1.165) is 12.1 Å². The Kier molecular flexibility index (Phi) is 5.63. The van der Waals surface area contributed by atoms with Gasteiger partial charge in [-0.3, -0.25) is 9.59 Å². The van der Waals surface area contributed by atoms with Crippen LogP contribution in [-0.2, 0) is 20.5 Å². The van der Waals surface area contributed by atoms with E-state index < -0.39 is 35.6 Å². The molecule has 0 heterocycles. The van der Waals surface area contributed by atoms with Gasteiger partial charge in [0.15, 0.2) is 6.23 Å². The van der Waals surface area contributed by atoms with Crippen LogP contribution in [0.1, 0.15) is 22.8 Å². The molecule has 0 aliphatic heterocycles. The zero-order valence-electron chi connectivity index (χ0n) is 11.3. The van der Waals surface area contributed by atoms with Crippen LogP contribution in [0.25, 0.3) is 0 Å². The van der Waals surface area contributed by atoms with Gasteiger partial charge in [-0.1, -0.05) is 12.1 Å². The number of esters is 1. The lowest BCUT2D eigenvalue weighted by molar-refractivity contribution is -0.155. The number of hydrogen-bond donors (Lipinski definition) is 2. The molecule has 0 bridgehead atoms. The zero-order valence-corrected chi connectivity index (χ0v) is 11.3. The first kappa shape index (κ1) is 17.6. The van der Waals surface area contributed by atoms with E-state index in [4.69, 9.17) is 0 Å². The number of hydrogen-bond acceptors (Lipinski definition) is 5. The van der Waals surface area contributed by atoms with Crippen molar-refractivity contribution < 1.29 is 37.4 Å². The second kappa shape index (κ2) is 7.03. The Morgan fingerprint density at radius 3 is 2.23 bits per heavy atom. The predicted octanol–water partition coefficient (Wildman–Crippen LogP) is 0.886. The minimum Gasteiger partial charge on any atom is -0.459 e. The number of alkyl halides is 3. The highest BCUT2D eigenvalue weighted by Crippen LogP contribution is 2.29. The summed E-state index contributed by atoms with van der Waals surface area (Å²) in [6.07, 6.45) is -6.63. The van der Waals surface area contributed by atoms with Crippen LogP contribution < -0.4 is 5.32 Å². The van der Waals surface area contributed by atoms with Gasteiger partial charge in [0, 0.05) is 5.56 Å². The van der Waals surface area contributed by atoms with Gasteiger partial charge >= 0.3 is 18.1 Å². The van der Waals surface area contributed by atoms with Crippen molar-refractivity contribution in [2.24, 2.45) is 0 Å². The summed E-state index contributed by atoms with van der Waals surface area (Å²) in [7, 11) is 0. The maximum atomic E-state index is 12.4. The topological polar surface area (TPSA) is 92.7 Å². The van der Waals surface area contributed by atoms with Gasteiger partial charge in [-0.15, -0.1) is 0 Å². The third kappa shape index (κ3) is 4.55. The summed E-state index contributed by atoms with van der Waals surface area (Å²) >= 11 is 0. The molecule has 0 aliphatic rings. The van der Waals surface area contributed by atoms with Crippen LogP contribution in [0.2, 0.25) is 0 Å². The lowest BCUT2D eigenvalue weighted by Gasteiger charge is -2.12. The average molecular weight is 319 g/mol. The van der Waals surface area contributed by atoms with Crippen LogP contribution in [0.15, 0.2) is 24.3 Å². The molecule has 0 radical (unpaired) electrons. The van der Waals surface area contributed by atoms with Crippen molar-refractivity contribution in [3.63, 3.8) is 0 Å². The largest absolute Gasteiger partial charge is 0.459 e. The molecule has 0 saturated heterocycles. The number of rotatable bonds is 4. The van der Waals surface area contributed by atoms with E-state index in [0.29, 0.717) is 12.1 Å². The number of amides is 1. The molecule has 1 unspecified atom stereocenters. The minimum atomic E-state index is -4.56. The number of aliphatic hydroxyl groups is 1. The molecule has 1 amide bonds. The van der Waals surface area contributed by atoms with Gasteiger partial charge in [-0.05, 0) is 19.1 Å². The first-order valence-electron chi connectivity index (χ1n) is 6.04. The first-order valence-corrected chi connectivity index (χ1v) is 6.04. The summed E-state index contributed by atoms with van der Waals surface area (Å²) in [6, 6.07) is 3.02. The number of halogens is 3. The molecular formula is C13H12F3NO5. The number of benzene rings is 1. The summed E-state index contributed by atoms with van der Waals surface area (Å²) in [5.41, 5.74) is -1.22. The molecule has 0 fully saturated rings. The summed E-state index contributed by atoms with van der Waals surface area (Å²) in [5.74, 6) is -3.69. The Balaban J connectivity index is 2.75. The van der Waals surface area contributed by atoms with E-state index in [1.54, 1.807) is 5.32 Å². The van der Waals surface area contributed by atoms with Crippen molar-refractivity contribution in [1.29, 1.82) is 0 Å². The molecule has 0 spiro atoms. The molecule has 120 valence electrons. The third-order valence-corrected chi connectivity index (χ3v) is 2.47. The van der Waals surface area contributed by atoms with Gasteiger partial charge in [0.05, 0.1) is 12.2 Å². The SMILES string of the molecule is CCOC(=O)C(=O)NC(O)C(=O)c1ccc(C(F)(F)F)cc1. The number of ether oxygens (including phenoxy) is 1. The Labute approximate surface area is 122 Å². The zero-order chi connectivity index (χ0) is 16.9. The first-order chi connectivity index (χ1) is 10.2. The molecule has 9 heteroatoms. The highest BCUT2D eigenvalue weighted by Gasteiger charge is 2.31. The number of aliphatic hydroxyl groups excluding tert-OH is 1. The maximum absolute atomic E-state index is 12.4. The molecule has 1 atom stereocenters. The van der Waals surface area contributed by atoms with Gasteiger partial charge < -0.3 is 15.2 Å². The van der Waals surface area contributed by atoms with Gasteiger partial charge in [0.2, 0.25) is 5.78 Å². The lowest BCUT2D eigenvalue weighted by Crippen LogP contribution is -2.44. The van der Waals surface area contributed by atoms with Crippen molar-refractivity contribution >= 4 is 17.7 Å². The van der Waals surface area contributed by atoms with Gasteiger partial charge in [-0.2, -0.15) is 13.2 Å². The monoisotopic (exact) mass is 319 g/mol. The Bertz CT molecular complexity index is 568. The third-order valence-electron chi connectivity index (χ3n) is 2.47. The van der Waals surface area contributed by atoms with Crippen molar-refractivity contribution in [3.8, 4) is 0 Å². The number of Topliss-reactive ketones (excluding diaryl/α,β-unsaturated/α-hetero) is 1. The van der Waals surface area contributed by atoms with Crippen molar-refractivity contribution in [2.45, 2.75) is 19.3 Å². The van der Waals surface area contributed by atoms with E-state index in [-0.39, 0.29) is 12.2 Å². The highest BCUT2D eigenvalue weighted by atomic mass is 19.4. The second-order valence-electron chi connectivity index (χ2n) is 4.04. The summed E-state index contributed by atoms with van der Waals surface area (Å²) in [5, 5.41) is 11.2. The summed E-state index contributed by atoms with van der Waals surface area (Å²) < 4.78 is 41.5. The molecule has 1 rings (SSSR count). The van der Waals surface area contributed by atoms with Crippen molar-refractivity contribution in [3.05, 3.63) is 35.4 Å². The molecule has 1 aromatic rings. The maximum Gasteiger partial charge on any atom is 0.416 e. The molecular weight excluding hydrogens is 307 g/mol. The molecule has 0 saturated carbocycles. The lowest BCUT2D eigenvalue weighted by atomic mass is 10.1. The van der Waals surface area contributed by atoms with Gasteiger partial charge in [0.1, 0.15) is 0 Å². The number of ketones is 1. The van der Waals surface area contributed by atoms with Crippen molar-refractivity contribution in [2.75, 3.05) is 6.61 Å². The summed E-state index contributed by atoms with van der Waals surface area (Å²) in [4.78, 5) is 34.0. The summed E-state index contributed by atoms with van der Waals surface area (Å²) in [6.45, 7) is 1.38. The number of nitrogens with one attached hydrogen (secondary N) is 1. The Morgan fingerprint density at radius 1 is 1.23 bits per heavy atom. The van der Waals surface area contributed by atoms with Gasteiger partial charge in [0.25, 0.3) is 0 Å². The van der Waals surface area contributed by atoms with E-state index >= 15 is 0 Å². The quantitative estimate of drug-likeness (QED) is 0.372. The highest BCUT2D eigenvalue weighted by molar-refractivity contribution is 6.33. The van der Waals surface area contributed by atoms with Crippen LogP contribution in [-0.4, -0.2) is 35.6 Å². The molecule has 1 aromatic carbocycles. The van der Waals surface area contributed by atoms with E-state index in [1.165, 1.54) is 6.92 Å². The number of carbonyl (C=O) groups is 3. The van der Waals surface area contributed by atoms with E-state index in [1.807, 2.05) is 0 Å². The van der Waals surface area contributed by atoms with Crippen LogP contribution in [0.3, 0.4) is 0 Å². The number of carbonyl (C=O) groups excluding carboxylic acids is 3.